The van der Waals surface area contributed by atoms with Crippen LogP contribution in [0.2, 0.25) is 0 Å². The van der Waals surface area contributed by atoms with E-state index in [-0.39, 0.29) is 0 Å². The average Bonchev–Trinajstić information content (AvgIpc) is 2.85. The molecular weight excluding hydrogens is 280 g/mol. The second-order valence-electron chi connectivity index (χ2n) is 4.97. The fourth-order valence-electron chi connectivity index (χ4n) is 2.66. The zero-order valence-electron chi connectivity index (χ0n) is 12.0. The first-order valence-corrected chi connectivity index (χ1v) is 6.96. The largest absolute Gasteiger partial charge is 0.399 e. The second kappa shape index (κ2) is 5.92. The Labute approximate surface area is 127 Å². The van der Waals surface area contributed by atoms with Gasteiger partial charge in [0, 0.05) is 40.6 Å². The highest BCUT2D eigenvalue weighted by molar-refractivity contribution is 6.08. The highest BCUT2D eigenvalue weighted by Crippen LogP contribution is 2.30. The molecule has 2 aromatic carbocycles. The van der Waals surface area contributed by atoms with Crippen molar-refractivity contribution in [1.29, 1.82) is 0 Å². The molecule has 2 amide bonds. The second-order valence-corrected chi connectivity index (χ2v) is 4.97. The van der Waals surface area contributed by atoms with Gasteiger partial charge >= 0.3 is 6.03 Å². The fourth-order valence-corrected chi connectivity index (χ4v) is 2.66. The number of benzene rings is 2. The number of aromatic nitrogens is 1. The number of carbonyl (C=O) groups excluding carboxylic acids is 1. The molecule has 3 rings (SSSR count). The summed E-state index contributed by atoms with van der Waals surface area (Å²) in [5.41, 5.74) is 16.2. The third kappa shape index (κ3) is 2.54. The van der Waals surface area contributed by atoms with Crippen LogP contribution in [0.3, 0.4) is 0 Å². The molecule has 0 spiro atoms. The van der Waals surface area contributed by atoms with Gasteiger partial charge in [0.2, 0.25) is 0 Å². The van der Waals surface area contributed by atoms with Crippen molar-refractivity contribution in [2.45, 2.75) is 6.54 Å². The number of rotatable bonds is 4. The Morgan fingerprint density at radius 2 is 1.86 bits per heavy atom. The molecule has 0 saturated heterocycles. The number of carbonyl (C=O) groups is 1. The molecule has 0 aliphatic carbocycles. The summed E-state index contributed by atoms with van der Waals surface area (Å²) in [6.45, 7) is 1.25. The number of nitrogens with two attached hydrogens (primary N) is 2. The van der Waals surface area contributed by atoms with Crippen LogP contribution in [-0.4, -0.2) is 17.1 Å². The maximum atomic E-state index is 11.0. The highest BCUT2D eigenvalue weighted by atomic mass is 16.2. The van der Waals surface area contributed by atoms with Gasteiger partial charge in [0.25, 0.3) is 0 Å². The summed E-state index contributed by atoms with van der Waals surface area (Å²) in [5.74, 6) is 4.99. The number of urea groups is 1. The number of fused-ring (bicyclic) bond motifs is 3. The van der Waals surface area contributed by atoms with E-state index in [0.29, 0.717) is 13.1 Å². The molecule has 7 nitrogen and oxygen atoms in total. The smallest absolute Gasteiger partial charge is 0.343 e. The third-order valence-electron chi connectivity index (χ3n) is 3.59. The van der Waals surface area contributed by atoms with Crippen molar-refractivity contribution >= 4 is 33.5 Å². The van der Waals surface area contributed by atoms with E-state index in [9.17, 15) is 4.79 Å². The zero-order valence-corrected chi connectivity index (χ0v) is 12.0. The SMILES string of the molecule is NNC(=O)NNCCn1c2ccccc2c2cc(N)ccc21. The molecular formula is C15H18N6O. The predicted octanol–water partition coefficient (Wildman–Crippen LogP) is 1.05. The number of anilines is 1. The Hall–Kier alpha value is -2.77. The van der Waals surface area contributed by atoms with E-state index >= 15 is 0 Å². The van der Waals surface area contributed by atoms with Gasteiger partial charge < -0.3 is 10.3 Å². The van der Waals surface area contributed by atoms with Gasteiger partial charge in [-0.05, 0) is 24.3 Å². The van der Waals surface area contributed by atoms with Crippen LogP contribution in [0.5, 0.6) is 0 Å². The number of hydrogen-bond donors (Lipinski definition) is 5. The van der Waals surface area contributed by atoms with Crippen LogP contribution in [-0.2, 0) is 6.54 Å². The van der Waals surface area contributed by atoms with Gasteiger partial charge in [0.05, 0.1) is 0 Å². The van der Waals surface area contributed by atoms with Crippen molar-refractivity contribution in [3.05, 3.63) is 42.5 Å². The molecule has 0 unspecified atom stereocenters. The summed E-state index contributed by atoms with van der Waals surface area (Å²) >= 11 is 0. The molecule has 0 aliphatic rings. The van der Waals surface area contributed by atoms with Gasteiger partial charge in [-0.25, -0.2) is 16.1 Å². The molecule has 1 aromatic heterocycles. The lowest BCUT2D eigenvalue weighted by molar-refractivity contribution is 0.236. The summed E-state index contributed by atoms with van der Waals surface area (Å²) < 4.78 is 2.19. The Bertz CT molecular complexity index is 825. The fraction of sp³-hybridized carbons (Fsp3) is 0.133. The summed E-state index contributed by atoms with van der Waals surface area (Å²) in [6.07, 6.45) is 0. The third-order valence-corrected chi connectivity index (χ3v) is 3.59. The van der Waals surface area contributed by atoms with E-state index in [2.05, 4.69) is 27.6 Å². The van der Waals surface area contributed by atoms with Crippen molar-refractivity contribution in [2.24, 2.45) is 5.84 Å². The lowest BCUT2D eigenvalue weighted by Gasteiger charge is -2.09. The number of nitrogen functional groups attached to an aromatic ring is 1. The number of amides is 2. The zero-order chi connectivity index (χ0) is 15.5. The van der Waals surface area contributed by atoms with Crippen LogP contribution in [0.25, 0.3) is 21.8 Å². The van der Waals surface area contributed by atoms with E-state index in [1.807, 2.05) is 35.8 Å². The van der Waals surface area contributed by atoms with Crippen LogP contribution < -0.4 is 27.9 Å². The van der Waals surface area contributed by atoms with E-state index < -0.39 is 6.03 Å². The molecule has 1 heterocycles. The average molecular weight is 298 g/mol. The Morgan fingerprint density at radius 1 is 1.09 bits per heavy atom. The van der Waals surface area contributed by atoms with Crippen LogP contribution in [0.15, 0.2) is 42.5 Å². The minimum Gasteiger partial charge on any atom is -0.399 e. The van der Waals surface area contributed by atoms with E-state index in [0.717, 1.165) is 27.5 Å². The molecule has 114 valence electrons. The van der Waals surface area contributed by atoms with Crippen LogP contribution in [0.1, 0.15) is 0 Å². The van der Waals surface area contributed by atoms with E-state index in [1.54, 1.807) is 0 Å². The molecule has 0 atom stereocenters. The van der Waals surface area contributed by atoms with Gasteiger partial charge in [0.1, 0.15) is 0 Å². The summed E-state index contributed by atoms with van der Waals surface area (Å²) in [7, 11) is 0. The maximum absolute atomic E-state index is 11.0. The number of para-hydroxylation sites is 1. The summed E-state index contributed by atoms with van der Waals surface area (Å²) in [5, 5.41) is 2.29. The van der Waals surface area contributed by atoms with Gasteiger partial charge in [-0.3, -0.25) is 10.9 Å². The number of nitrogens with zero attached hydrogens (tertiary/aromatic N) is 1. The first-order chi connectivity index (χ1) is 10.7. The van der Waals surface area contributed by atoms with Crippen molar-refractivity contribution in [2.75, 3.05) is 12.3 Å². The quantitative estimate of drug-likeness (QED) is 0.163. The van der Waals surface area contributed by atoms with Gasteiger partial charge in [0.15, 0.2) is 0 Å². The highest BCUT2D eigenvalue weighted by Gasteiger charge is 2.10. The van der Waals surface area contributed by atoms with Crippen LogP contribution in [0, 0.1) is 0 Å². The van der Waals surface area contributed by atoms with Crippen molar-refractivity contribution in [3.63, 3.8) is 0 Å². The Morgan fingerprint density at radius 3 is 2.68 bits per heavy atom. The minimum absolute atomic E-state index is 0.477. The number of hydrogen-bond acceptors (Lipinski definition) is 4. The number of nitrogens with one attached hydrogen (secondary N) is 3. The van der Waals surface area contributed by atoms with Crippen molar-refractivity contribution in [3.8, 4) is 0 Å². The predicted molar refractivity (Wildman–Crippen MR) is 87.7 cm³/mol. The maximum Gasteiger partial charge on any atom is 0.343 e. The molecule has 0 saturated carbocycles. The first kappa shape index (κ1) is 14.2. The number of hydrazine groups is 2. The molecule has 22 heavy (non-hydrogen) atoms. The molecule has 0 radical (unpaired) electrons. The first-order valence-electron chi connectivity index (χ1n) is 6.96. The van der Waals surface area contributed by atoms with E-state index in [4.69, 9.17) is 11.6 Å². The summed E-state index contributed by atoms with van der Waals surface area (Å²) in [6, 6.07) is 13.6. The van der Waals surface area contributed by atoms with Gasteiger partial charge in [-0.1, -0.05) is 18.2 Å². The molecule has 0 aliphatic heterocycles. The van der Waals surface area contributed by atoms with Gasteiger partial charge in [-0.15, -0.1) is 0 Å². The van der Waals surface area contributed by atoms with E-state index in [1.165, 1.54) is 0 Å². The van der Waals surface area contributed by atoms with Crippen LogP contribution in [0.4, 0.5) is 10.5 Å². The van der Waals surface area contributed by atoms with Crippen molar-refractivity contribution < 1.29 is 4.79 Å². The standard InChI is InChI=1S/C15H18N6O/c16-10-5-6-14-12(9-10)11-3-1-2-4-13(11)21(14)8-7-18-20-15(22)19-17/h1-6,9,18H,7-8,16-17H2,(H2,19,20,22). The monoisotopic (exact) mass is 298 g/mol. The van der Waals surface area contributed by atoms with Gasteiger partial charge in [-0.2, -0.15) is 0 Å². The topological polar surface area (TPSA) is 110 Å². The molecule has 0 bridgehead atoms. The Balaban J connectivity index is 1.91. The summed E-state index contributed by atoms with van der Waals surface area (Å²) in [4.78, 5) is 11.0. The lowest BCUT2D eigenvalue weighted by atomic mass is 10.1. The molecule has 0 fully saturated rings. The lowest BCUT2D eigenvalue weighted by Crippen LogP contribution is -2.47. The van der Waals surface area contributed by atoms with Crippen molar-refractivity contribution in [1.82, 2.24) is 20.8 Å². The molecule has 3 aromatic rings. The minimum atomic E-state index is -0.477. The van der Waals surface area contributed by atoms with Crippen LogP contribution >= 0.6 is 0 Å². The molecule has 7 N–H and O–H groups in total. The molecule has 7 heteroatoms. The Kier molecular flexibility index (Phi) is 3.82. The normalized spacial score (nSPS) is 11.0.